The van der Waals surface area contributed by atoms with Crippen molar-refractivity contribution in [1.29, 1.82) is 0 Å². The standard InChI is InChI=1S/C18H10F5N3O/c19-9-1-5-14(13(21)7-9)26-15-6-2-10(8-24-15)25-18(27)11-3-4-12(20)17(23)16(11)22/h1-8H,(H,24,26)(H,25,27). The third kappa shape index (κ3) is 4.02. The van der Waals surface area contributed by atoms with Gasteiger partial charge >= 0.3 is 0 Å². The van der Waals surface area contributed by atoms with Crippen LogP contribution in [0.15, 0.2) is 48.7 Å². The van der Waals surface area contributed by atoms with E-state index in [4.69, 9.17) is 0 Å². The Morgan fingerprint density at radius 1 is 0.852 bits per heavy atom. The molecule has 3 aromatic rings. The number of nitrogens with one attached hydrogen (secondary N) is 2. The fourth-order valence-corrected chi connectivity index (χ4v) is 2.17. The molecule has 0 aliphatic rings. The minimum absolute atomic E-state index is 0.00968. The molecule has 3 rings (SSSR count). The van der Waals surface area contributed by atoms with Gasteiger partial charge in [-0.25, -0.2) is 26.9 Å². The summed E-state index contributed by atoms with van der Waals surface area (Å²) in [6.45, 7) is 0. The van der Waals surface area contributed by atoms with Crippen LogP contribution in [0.2, 0.25) is 0 Å². The van der Waals surface area contributed by atoms with Crippen molar-refractivity contribution in [3.8, 4) is 0 Å². The Bertz CT molecular complexity index is 1010. The minimum Gasteiger partial charge on any atom is -0.338 e. The average molecular weight is 379 g/mol. The summed E-state index contributed by atoms with van der Waals surface area (Å²) in [6.07, 6.45) is 1.18. The first-order valence-corrected chi connectivity index (χ1v) is 7.48. The van der Waals surface area contributed by atoms with Crippen LogP contribution in [-0.4, -0.2) is 10.9 Å². The van der Waals surface area contributed by atoms with Crippen LogP contribution in [0.1, 0.15) is 10.4 Å². The van der Waals surface area contributed by atoms with Crippen molar-refractivity contribution in [3.05, 3.63) is 83.3 Å². The normalized spacial score (nSPS) is 10.6. The molecule has 0 aliphatic heterocycles. The Hall–Kier alpha value is -3.49. The number of hydrogen-bond donors (Lipinski definition) is 2. The zero-order valence-electron chi connectivity index (χ0n) is 13.4. The summed E-state index contributed by atoms with van der Waals surface area (Å²) in [5.74, 6) is -7.12. The Morgan fingerprint density at radius 2 is 1.63 bits per heavy atom. The molecule has 4 nitrogen and oxygen atoms in total. The molecule has 0 saturated heterocycles. The molecule has 1 aromatic heterocycles. The maximum absolute atomic E-state index is 13.6. The maximum atomic E-state index is 13.6. The van der Waals surface area contributed by atoms with Crippen LogP contribution in [0.25, 0.3) is 0 Å². The molecule has 2 aromatic carbocycles. The van der Waals surface area contributed by atoms with Gasteiger partial charge in [-0.05, 0) is 36.4 Å². The van der Waals surface area contributed by atoms with E-state index in [-0.39, 0.29) is 17.2 Å². The summed E-state index contributed by atoms with van der Waals surface area (Å²) in [5, 5.41) is 4.89. The Morgan fingerprint density at radius 3 is 2.30 bits per heavy atom. The molecule has 0 bridgehead atoms. The number of anilines is 3. The lowest BCUT2D eigenvalue weighted by Gasteiger charge is -2.09. The predicted molar refractivity (Wildman–Crippen MR) is 88.1 cm³/mol. The van der Waals surface area contributed by atoms with E-state index < -0.39 is 40.6 Å². The molecule has 27 heavy (non-hydrogen) atoms. The molecule has 0 spiro atoms. The molecule has 0 unspecified atom stereocenters. The highest BCUT2D eigenvalue weighted by Gasteiger charge is 2.19. The van der Waals surface area contributed by atoms with Crippen LogP contribution in [0.4, 0.5) is 39.1 Å². The van der Waals surface area contributed by atoms with Crippen LogP contribution >= 0.6 is 0 Å². The lowest BCUT2D eigenvalue weighted by Crippen LogP contribution is -2.15. The highest BCUT2D eigenvalue weighted by Crippen LogP contribution is 2.21. The van der Waals surface area contributed by atoms with Crippen LogP contribution in [0, 0.1) is 29.1 Å². The van der Waals surface area contributed by atoms with Crippen molar-refractivity contribution in [2.24, 2.45) is 0 Å². The van der Waals surface area contributed by atoms with Crippen molar-refractivity contribution in [2.75, 3.05) is 10.6 Å². The molecular weight excluding hydrogens is 369 g/mol. The van der Waals surface area contributed by atoms with Gasteiger partial charge in [-0.3, -0.25) is 4.79 Å². The summed E-state index contributed by atoms with van der Waals surface area (Å²) >= 11 is 0. The van der Waals surface area contributed by atoms with E-state index in [1.807, 2.05) is 0 Å². The fourth-order valence-electron chi connectivity index (χ4n) is 2.17. The van der Waals surface area contributed by atoms with Crippen molar-refractivity contribution >= 4 is 23.1 Å². The molecule has 1 heterocycles. The van der Waals surface area contributed by atoms with E-state index in [2.05, 4.69) is 15.6 Å². The first-order valence-electron chi connectivity index (χ1n) is 7.48. The van der Waals surface area contributed by atoms with Crippen molar-refractivity contribution in [1.82, 2.24) is 4.98 Å². The van der Waals surface area contributed by atoms with Gasteiger partial charge in [0.1, 0.15) is 17.5 Å². The van der Waals surface area contributed by atoms with Crippen molar-refractivity contribution in [2.45, 2.75) is 0 Å². The number of amides is 1. The van der Waals surface area contributed by atoms with Crippen LogP contribution in [0.5, 0.6) is 0 Å². The molecule has 0 aliphatic carbocycles. The molecule has 9 heteroatoms. The Kier molecular flexibility index (Phi) is 5.02. The van der Waals surface area contributed by atoms with Crippen LogP contribution in [-0.2, 0) is 0 Å². The number of nitrogens with zero attached hydrogens (tertiary/aromatic N) is 1. The number of aromatic nitrogens is 1. The predicted octanol–water partition coefficient (Wildman–Crippen LogP) is 4.77. The van der Waals surface area contributed by atoms with Gasteiger partial charge in [0.15, 0.2) is 17.5 Å². The van der Waals surface area contributed by atoms with E-state index in [9.17, 15) is 26.7 Å². The quantitative estimate of drug-likeness (QED) is 0.507. The van der Waals surface area contributed by atoms with E-state index in [1.165, 1.54) is 24.4 Å². The minimum atomic E-state index is -1.75. The maximum Gasteiger partial charge on any atom is 0.258 e. The number of carbonyl (C=O) groups excluding carboxylic acids is 1. The third-order valence-electron chi connectivity index (χ3n) is 3.50. The van der Waals surface area contributed by atoms with E-state index in [0.29, 0.717) is 12.1 Å². The molecule has 1 amide bonds. The van der Waals surface area contributed by atoms with Gasteiger partial charge in [0, 0.05) is 6.07 Å². The second-order valence-electron chi connectivity index (χ2n) is 5.36. The summed E-state index contributed by atoms with van der Waals surface area (Å²) in [6, 6.07) is 7.14. The van der Waals surface area contributed by atoms with Gasteiger partial charge < -0.3 is 10.6 Å². The van der Waals surface area contributed by atoms with Crippen LogP contribution < -0.4 is 10.6 Å². The molecule has 0 atom stereocenters. The molecule has 0 radical (unpaired) electrons. The van der Waals surface area contributed by atoms with E-state index in [0.717, 1.165) is 12.1 Å². The summed E-state index contributed by atoms with van der Waals surface area (Å²) in [7, 11) is 0. The second kappa shape index (κ2) is 7.40. The van der Waals surface area contributed by atoms with Gasteiger partial charge in [0.2, 0.25) is 0 Å². The Labute approximate surface area is 149 Å². The second-order valence-corrected chi connectivity index (χ2v) is 5.36. The van der Waals surface area contributed by atoms with Gasteiger partial charge in [0.05, 0.1) is 23.1 Å². The molecule has 0 saturated carbocycles. The SMILES string of the molecule is O=C(Nc1ccc(Nc2ccc(F)cc2F)nc1)c1ccc(F)c(F)c1F. The number of hydrogen-bond acceptors (Lipinski definition) is 3. The summed E-state index contributed by atoms with van der Waals surface area (Å²) < 4.78 is 66.2. The largest absolute Gasteiger partial charge is 0.338 e. The topological polar surface area (TPSA) is 54.0 Å². The van der Waals surface area contributed by atoms with Gasteiger partial charge in [0.25, 0.3) is 5.91 Å². The number of rotatable bonds is 4. The van der Waals surface area contributed by atoms with Crippen LogP contribution in [0.3, 0.4) is 0 Å². The van der Waals surface area contributed by atoms with Crippen molar-refractivity contribution in [3.63, 3.8) is 0 Å². The number of carbonyl (C=O) groups is 1. The molecule has 138 valence electrons. The zero-order valence-corrected chi connectivity index (χ0v) is 13.4. The van der Waals surface area contributed by atoms with Crippen molar-refractivity contribution < 1.29 is 26.7 Å². The van der Waals surface area contributed by atoms with Gasteiger partial charge in [-0.2, -0.15) is 0 Å². The van der Waals surface area contributed by atoms with E-state index in [1.54, 1.807) is 0 Å². The summed E-state index contributed by atoms with van der Waals surface area (Å²) in [4.78, 5) is 15.9. The number of pyridine rings is 1. The molecular formula is C18H10F5N3O. The Balaban J connectivity index is 1.72. The highest BCUT2D eigenvalue weighted by molar-refractivity contribution is 6.04. The van der Waals surface area contributed by atoms with Gasteiger partial charge in [-0.1, -0.05) is 0 Å². The molecule has 2 N–H and O–H groups in total. The highest BCUT2D eigenvalue weighted by atomic mass is 19.2. The average Bonchev–Trinajstić information content (AvgIpc) is 2.63. The smallest absolute Gasteiger partial charge is 0.258 e. The first kappa shape index (κ1) is 18.3. The summed E-state index contributed by atoms with van der Waals surface area (Å²) in [5.41, 5.74) is -0.553. The van der Waals surface area contributed by atoms with E-state index >= 15 is 0 Å². The number of benzene rings is 2. The number of halogens is 5. The zero-order chi connectivity index (χ0) is 19.6. The third-order valence-corrected chi connectivity index (χ3v) is 3.50. The van der Waals surface area contributed by atoms with Gasteiger partial charge in [-0.15, -0.1) is 0 Å². The molecule has 0 fully saturated rings. The monoisotopic (exact) mass is 379 g/mol. The lowest BCUT2D eigenvalue weighted by molar-refractivity contribution is 0.102. The fraction of sp³-hybridized carbons (Fsp3) is 0. The lowest BCUT2D eigenvalue weighted by atomic mass is 10.2. The first-order chi connectivity index (χ1) is 12.8.